The van der Waals surface area contributed by atoms with E-state index >= 15 is 0 Å². The van der Waals surface area contributed by atoms with Crippen LogP contribution >= 0.6 is 0 Å². The summed E-state index contributed by atoms with van der Waals surface area (Å²) in [5, 5.41) is 11.0. The van der Waals surface area contributed by atoms with Gasteiger partial charge in [-0.2, -0.15) is 0 Å². The van der Waals surface area contributed by atoms with Gasteiger partial charge in [0.25, 0.3) is 0 Å². The molecule has 10 atom stereocenters. The van der Waals surface area contributed by atoms with Crippen molar-refractivity contribution in [3.8, 4) is 0 Å². The van der Waals surface area contributed by atoms with Crippen molar-refractivity contribution >= 4 is 5.97 Å². The number of aliphatic hydroxyl groups is 1. The minimum atomic E-state index is -0.390. The molecule has 0 unspecified atom stereocenters. The van der Waals surface area contributed by atoms with E-state index < -0.39 is 5.60 Å². The fourth-order valence-electron chi connectivity index (χ4n) is 10.7. The average molecular weight is 445 g/mol. The molecule has 3 heteroatoms. The number of rotatable bonds is 6. The Morgan fingerprint density at radius 1 is 1.06 bits per heavy atom. The summed E-state index contributed by atoms with van der Waals surface area (Å²) in [5.74, 6) is 5.04. The molecule has 182 valence electrons. The van der Waals surface area contributed by atoms with Crippen LogP contribution in [0.4, 0.5) is 0 Å². The SMILES string of the molecule is CC[C@]1(O)CC[C@@]2(C)[C@@H](CC[C@@H]3[C@@H]2CC[C@@]2(C)[C@H]3C[C@H]3C[C@]32[C@H](C)CCCC(=O)OC)C1. The van der Waals surface area contributed by atoms with Gasteiger partial charge in [-0.05, 0) is 129 Å². The molecule has 0 bridgehead atoms. The van der Waals surface area contributed by atoms with Crippen LogP contribution in [-0.2, 0) is 9.53 Å². The number of fused-ring (bicyclic) bond motifs is 7. The van der Waals surface area contributed by atoms with Crippen LogP contribution in [0.15, 0.2) is 0 Å². The first-order valence-corrected chi connectivity index (χ1v) is 13.9. The second-order valence-electron chi connectivity index (χ2n) is 13.4. The first-order chi connectivity index (χ1) is 15.1. The lowest BCUT2D eigenvalue weighted by Crippen LogP contribution is -2.56. The molecule has 3 nitrogen and oxygen atoms in total. The first-order valence-electron chi connectivity index (χ1n) is 13.9. The highest BCUT2D eigenvalue weighted by Crippen LogP contribution is 2.83. The van der Waals surface area contributed by atoms with Crippen LogP contribution in [-0.4, -0.2) is 23.8 Å². The number of esters is 1. The largest absolute Gasteiger partial charge is 0.469 e. The molecule has 0 spiro atoms. The van der Waals surface area contributed by atoms with Crippen molar-refractivity contribution in [3.63, 3.8) is 0 Å². The highest BCUT2D eigenvalue weighted by atomic mass is 16.5. The van der Waals surface area contributed by atoms with E-state index in [1.165, 1.54) is 58.5 Å². The molecule has 5 aliphatic rings. The number of carbonyl (C=O) groups excluding carboxylic acids is 1. The number of hydrogen-bond acceptors (Lipinski definition) is 3. The minimum Gasteiger partial charge on any atom is -0.469 e. The summed E-state index contributed by atoms with van der Waals surface area (Å²) in [6.07, 6.45) is 15.5. The second-order valence-corrected chi connectivity index (χ2v) is 13.4. The van der Waals surface area contributed by atoms with Crippen molar-refractivity contribution in [3.05, 3.63) is 0 Å². The molecule has 0 aromatic carbocycles. The molecule has 0 amide bonds. The maximum atomic E-state index is 11.6. The molecule has 5 saturated carbocycles. The maximum absolute atomic E-state index is 11.6. The van der Waals surface area contributed by atoms with Crippen LogP contribution < -0.4 is 0 Å². The van der Waals surface area contributed by atoms with Crippen molar-refractivity contribution in [2.24, 2.45) is 51.8 Å². The van der Waals surface area contributed by atoms with Gasteiger partial charge in [-0.3, -0.25) is 4.79 Å². The van der Waals surface area contributed by atoms with Crippen LogP contribution in [0.5, 0.6) is 0 Å². The van der Waals surface area contributed by atoms with E-state index in [1.807, 2.05) is 0 Å². The van der Waals surface area contributed by atoms with E-state index in [4.69, 9.17) is 4.74 Å². The summed E-state index contributed by atoms with van der Waals surface area (Å²) in [4.78, 5) is 11.6. The zero-order valence-corrected chi connectivity index (χ0v) is 21.4. The molecule has 0 aliphatic heterocycles. The molecular weight excluding hydrogens is 396 g/mol. The molecule has 0 heterocycles. The lowest BCUT2D eigenvalue weighted by Gasteiger charge is -2.63. The van der Waals surface area contributed by atoms with E-state index in [1.54, 1.807) is 0 Å². The van der Waals surface area contributed by atoms with Crippen LogP contribution in [0.1, 0.15) is 111 Å². The second kappa shape index (κ2) is 7.72. The lowest BCUT2D eigenvalue weighted by molar-refractivity contribution is -0.158. The summed E-state index contributed by atoms with van der Waals surface area (Å²) in [5.41, 5.74) is 1.12. The standard InChI is InChI=1S/C29H48O3/c1-6-28(31)15-14-26(3)20(17-28)10-11-22-23(26)12-13-27(4)24(22)16-21-18-29(21,27)19(2)8-7-9-25(30)32-5/h19-24,31H,6-18H2,1-5H3/t19-,20+,21+,22-,23+,24+,26+,27+,28+,29+/m1/s1. The molecule has 5 aliphatic carbocycles. The van der Waals surface area contributed by atoms with E-state index in [2.05, 4.69) is 27.7 Å². The van der Waals surface area contributed by atoms with Gasteiger partial charge in [0.05, 0.1) is 12.7 Å². The normalized spacial score (nSPS) is 52.2. The third-order valence-electron chi connectivity index (χ3n) is 12.7. The average Bonchev–Trinajstić information content (AvgIpc) is 3.46. The zero-order valence-electron chi connectivity index (χ0n) is 21.4. The van der Waals surface area contributed by atoms with Crippen molar-refractivity contribution in [1.82, 2.24) is 0 Å². The predicted octanol–water partition coefficient (Wildman–Crippen LogP) is 6.77. The quantitative estimate of drug-likeness (QED) is 0.460. The van der Waals surface area contributed by atoms with Crippen molar-refractivity contribution < 1.29 is 14.6 Å². The van der Waals surface area contributed by atoms with Crippen molar-refractivity contribution in [2.75, 3.05) is 7.11 Å². The zero-order chi connectivity index (χ0) is 22.9. The monoisotopic (exact) mass is 444 g/mol. The Hall–Kier alpha value is -0.570. The van der Waals surface area contributed by atoms with Gasteiger partial charge >= 0.3 is 5.97 Å². The van der Waals surface area contributed by atoms with Crippen LogP contribution in [0, 0.1) is 51.8 Å². The molecule has 1 N–H and O–H groups in total. The minimum absolute atomic E-state index is 0.0504. The van der Waals surface area contributed by atoms with Gasteiger partial charge in [0.1, 0.15) is 0 Å². The Labute approximate surface area is 196 Å². The summed E-state index contributed by atoms with van der Waals surface area (Å²) in [6, 6.07) is 0. The van der Waals surface area contributed by atoms with Crippen LogP contribution in [0.3, 0.4) is 0 Å². The topological polar surface area (TPSA) is 46.5 Å². The molecular formula is C29H48O3. The third-order valence-corrected chi connectivity index (χ3v) is 12.7. The molecule has 0 aromatic heterocycles. The summed E-state index contributed by atoms with van der Waals surface area (Å²) < 4.78 is 4.88. The molecule has 32 heavy (non-hydrogen) atoms. The van der Waals surface area contributed by atoms with Gasteiger partial charge in [0.15, 0.2) is 0 Å². The van der Waals surface area contributed by atoms with Crippen LogP contribution in [0.25, 0.3) is 0 Å². The Bertz CT molecular complexity index is 749. The lowest BCUT2D eigenvalue weighted by atomic mass is 9.42. The van der Waals surface area contributed by atoms with Crippen molar-refractivity contribution in [2.45, 2.75) is 117 Å². The van der Waals surface area contributed by atoms with Gasteiger partial charge in [-0.25, -0.2) is 0 Å². The number of hydrogen-bond donors (Lipinski definition) is 1. The summed E-state index contributed by atoms with van der Waals surface area (Å²) in [7, 11) is 1.51. The van der Waals surface area contributed by atoms with Gasteiger partial charge in [0.2, 0.25) is 0 Å². The predicted molar refractivity (Wildman–Crippen MR) is 128 cm³/mol. The molecule has 0 saturated heterocycles. The van der Waals surface area contributed by atoms with E-state index in [-0.39, 0.29) is 5.97 Å². The Morgan fingerprint density at radius 2 is 1.84 bits per heavy atom. The number of ether oxygens (including phenoxy) is 1. The van der Waals surface area contributed by atoms with E-state index in [9.17, 15) is 9.90 Å². The molecule has 0 radical (unpaired) electrons. The molecule has 5 fully saturated rings. The summed E-state index contributed by atoms with van der Waals surface area (Å²) in [6.45, 7) is 9.98. The van der Waals surface area contributed by atoms with Gasteiger partial charge < -0.3 is 9.84 Å². The maximum Gasteiger partial charge on any atom is 0.305 e. The third kappa shape index (κ3) is 3.11. The Balaban J connectivity index is 1.31. The number of carbonyl (C=O) groups is 1. The summed E-state index contributed by atoms with van der Waals surface area (Å²) >= 11 is 0. The highest BCUT2D eigenvalue weighted by molar-refractivity contribution is 5.68. The van der Waals surface area contributed by atoms with Gasteiger partial charge in [-0.15, -0.1) is 0 Å². The fraction of sp³-hybridized carbons (Fsp3) is 0.966. The van der Waals surface area contributed by atoms with E-state index in [0.717, 1.165) is 61.2 Å². The van der Waals surface area contributed by atoms with Crippen molar-refractivity contribution in [1.29, 1.82) is 0 Å². The van der Waals surface area contributed by atoms with Gasteiger partial charge in [-0.1, -0.05) is 27.7 Å². The Kier molecular flexibility index (Phi) is 5.59. The molecule has 0 aromatic rings. The molecule has 5 rings (SSSR count). The number of methoxy groups -OCH3 is 1. The van der Waals surface area contributed by atoms with Crippen LogP contribution in [0.2, 0.25) is 0 Å². The first kappa shape index (κ1) is 23.2. The Morgan fingerprint density at radius 3 is 2.56 bits per heavy atom. The van der Waals surface area contributed by atoms with E-state index in [0.29, 0.717) is 22.7 Å². The fourth-order valence-corrected chi connectivity index (χ4v) is 10.7. The smallest absolute Gasteiger partial charge is 0.305 e. The highest BCUT2D eigenvalue weighted by Gasteiger charge is 2.76. The van der Waals surface area contributed by atoms with Gasteiger partial charge in [0, 0.05) is 6.42 Å².